The van der Waals surface area contributed by atoms with Crippen LogP contribution in [-0.4, -0.2) is 11.5 Å². The Kier molecular flexibility index (Phi) is 5.90. The Morgan fingerprint density at radius 2 is 1.78 bits per heavy atom. The van der Waals surface area contributed by atoms with Crippen molar-refractivity contribution in [3.05, 3.63) is 39.1 Å². The van der Waals surface area contributed by atoms with E-state index < -0.39 is 0 Å². The zero-order valence-electron chi connectivity index (χ0n) is 15.8. The van der Waals surface area contributed by atoms with E-state index in [0.29, 0.717) is 11.3 Å². The molecule has 2 heterocycles. The number of rotatable bonds is 2. The quantitative estimate of drug-likeness (QED) is 0.505. The first-order valence-corrected chi connectivity index (χ1v) is 10.6. The Morgan fingerprint density at radius 1 is 1.09 bits per heavy atom. The van der Waals surface area contributed by atoms with Crippen LogP contribution in [0.3, 0.4) is 0 Å². The third kappa shape index (κ3) is 6.15. The van der Waals surface area contributed by atoms with Crippen molar-refractivity contribution >= 4 is 29.2 Å². The molecule has 0 amide bonds. The standard InChI is InChI=1S/C21H32S2/c1-15-10-18(8-9-20(2,3)4)23-19(15)17-11-16(13-22-14-17)12-21(5,6)7/h8-10,12,17H,11,13-14H2,1-7H3/b9-8+,16-12+. The van der Waals surface area contributed by atoms with E-state index in [4.69, 9.17) is 0 Å². The highest BCUT2D eigenvalue weighted by Crippen LogP contribution is 2.41. The van der Waals surface area contributed by atoms with Gasteiger partial charge < -0.3 is 0 Å². The minimum atomic E-state index is 0.251. The van der Waals surface area contributed by atoms with E-state index in [-0.39, 0.29) is 5.41 Å². The van der Waals surface area contributed by atoms with Crippen molar-refractivity contribution in [2.45, 2.75) is 60.8 Å². The molecule has 0 radical (unpaired) electrons. The van der Waals surface area contributed by atoms with Gasteiger partial charge in [0.05, 0.1) is 0 Å². The van der Waals surface area contributed by atoms with E-state index in [1.165, 1.54) is 28.4 Å². The molecule has 2 heteroatoms. The zero-order valence-corrected chi connectivity index (χ0v) is 17.5. The molecule has 2 rings (SSSR count). The van der Waals surface area contributed by atoms with Gasteiger partial charge in [-0.15, -0.1) is 11.3 Å². The maximum atomic E-state index is 2.50. The summed E-state index contributed by atoms with van der Waals surface area (Å²) in [6.07, 6.45) is 8.37. The van der Waals surface area contributed by atoms with Gasteiger partial charge in [0, 0.05) is 27.2 Å². The Morgan fingerprint density at radius 3 is 2.39 bits per heavy atom. The van der Waals surface area contributed by atoms with Gasteiger partial charge in [0.15, 0.2) is 0 Å². The topological polar surface area (TPSA) is 0 Å². The predicted octanol–water partition coefficient (Wildman–Crippen LogP) is 7.31. The normalized spacial score (nSPS) is 22.2. The Bertz CT molecular complexity index is 588. The van der Waals surface area contributed by atoms with Gasteiger partial charge in [-0.1, -0.05) is 59.3 Å². The van der Waals surface area contributed by atoms with Crippen LogP contribution >= 0.6 is 23.1 Å². The van der Waals surface area contributed by atoms with Gasteiger partial charge in [0.1, 0.15) is 0 Å². The summed E-state index contributed by atoms with van der Waals surface area (Å²) in [6, 6.07) is 2.37. The average molecular weight is 349 g/mol. The van der Waals surface area contributed by atoms with E-state index in [0.717, 1.165) is 0 Å². The molecule has 0 saturated carbocycles. The Balaban J connectivity index is 2.17. The van der Waals surface area contributed by atoms with Gasteiger partial charge >= 0.3 is 0 Å². The largest absolute Gasteiger partial charge is 0.157 e. The summed E-state index contributed by atoms with van der Waals surface area (Å²) in [6.45, 7) is 16.0. The molecule has 0 aliphatic carbocycles. The van der Waals surface area contributed by atoms with E-state index in [1.807, 2.05) is 11.3 Å². The molecule has 0 nitrogen and oxygen atoms in total. The van der Waals surface area contributed by atoms with Crippen LogP contribution in [0.1, 0.15) is 69.2 Å². The zero-order chi connectivity index (χ0) is 17.3. The van der Waals surface area contributed by atoms with Crippen molar-refractivity contribution in [3.8, 4) is 0 Å². The maximum Gasteiger partial charge on any atom is 0.0273 e. The number of thiophene rings is 1. The highest BCUT2D eigenvalue weighted by atomic mass is 32.2. The lowest BCUT2D eigenvalue weighted by molar-refractivity contribution is 0.535. The molecule has 0 N–H and O–H groups in total. The highest BCUT2D eigenvalue weighted by Gasteiger charge is 2.23. The molecular weight excluding hydrogens is 316 g/mol. The molecule has 1 aliphatic heterocycles. The van der Waals surface area contributed by atoms with Crippen LogP contribution in [0.5, 0.6) is 0 Å². The van der Waals surface area contributed by atoms with Crippen LogP contribution in [0.4, 0.5) is 0 Å². The summed E-state index contributed by atoms with van der Waals surface area (Å²) in [7, 11) is 0. The fourth-order valence-electron chi connectivity index (χ4n) is 2.99. The summed E-state index contributed by atoms with van der Waals surface area (Å²) in [5.74, 6) is 3.18. The van der Waals surface area contributed by atoms with Crippen molar-refractivity contribution in [2.24, 2.45) is 10.8 Å². The Hall–Kier alpha value is -0.470. The molecule has 0 bridgehead atoms. The molecule has 1 saturated heterocycles. The molecule has 0 spiro atoms. The molecular formula is C21H32S2. The van der Waals surface area contributed by atoms with Crippen molar-refractivity contribution in [3.63, 3.8) is 0 Å². The number of hydrogen-bond acceptors (Lipinski definition) is 2. The number of aryl methyl sites for hydroxylation is 1. The van der Waals surface area contributed by atoms with Crippen LogP contribution in [-0.2, 0) is 0 Å². The first kappa shape index (κ1) is 18.9. The van der Waals surface area contributed by atoms with E-state index >= 15 is 0 Å². The van der Waals surface area contributed by atoms with Crippen molar-refractivity contribution in [2.75, 3.05) is 11.5 Å². The second-order valence-corrected chi connectivity index (χ2v) is 11.1. The van der Waals surface area contributed by atoms with Crippen molar-refractivity contribution < 1.29 is 0 Å². The first-order chi connectivity index (χ1) is 10.5. The summed E-state index contributed by atoms with van der Waals surface area (Å²) >= 11 is 4.10. The summed E-state index contributed by atoms with van der Waals surface area (Å²) in [5.41, 5.74) is 3.66. The summed E-state index contributed by atoms with van der Waals surface area (Å²) in [4.78, 5) is 3.01. The number of hydrogen-bond donors (Lipinski definition) is 0. The first-order valence-electron chi connectivity index (χ1n) is 8.61. The fourth-order valence-corrected chi connectivity index (χ4v) is 5.42. The molecule has 23 heavy (non-hydrogen) atoms. The lowest BCUT2D eigenvalue weighted by atomic mass is 9.89. The SMILES string of the molecule is Cc1cc(/C=C/C(C)(C)C)sc1C1CSC/C(=C/C(C)(C)C)C1. The molecule has 1 aliphatic rings. The summed E-state index contributed by atoms with van der Waals surface area (Å²) in [5, 5.41) is 0. The smallest absolute Gasteiger partial charge is 0.0273 e. The summed E-state index contributed by atoms with van der Waals surface area (Å²) < 4.78 is 0. The minimum absolute atomic E-state index is 0.251. The highest BCUT2D eigenvalue weighted by molar-refractivity contribution is 7.99. The Labute approximate surface area is 151 Å². The molecule has 128 valence electrons. The number of thioether (sulfide) groups is 1. The second kappa shape index (κ2) is 7.19. The second-order valence-electron chi connectivity index (χ2n) is 8.98. The van der Waals surface area contributed by atoms with Gasteiger partial charge in [0.25, 0.3) is 0 Å². The third-order valence-electron chi connectivity index (χ3n) is 3.85. The van der Waals surface area contributed by atoms with Gasteiger partial charge in [-0.05, 0) is 41.9 Å². The van der Waals surface area contributed by atoms with Crippen LogP contribution < -0.4 is 0 Å². The molecule has 1 unspecified atom stereocenters. The molecule has 0 aromatic carbocycles. The van der Waals surface area contributed by atoms with Gasteiger partial charge in [-0.3, -0.25) is 0 Å². The van der Waals surface area contributed by atoms with E-state index in [9.17, 15) is 0 Å². The van der Waals surface area contributed by atoms with Gasteiger partial charge in [-0.2, -0.15) is 11.8 Å². The molecule has 1 aromatic rings. The fraction of sp³-hybridized carbons (Fsp3) is 0.619. The molecule has 1 atom stereocenters. The van der Waals surface area contributed by atoms with Crippen LogP contribution in [0.25, 0.3) is 6.08 Å². The molecule has 1 aromatic heterocycles. The lowest BCUT2D eigenvalue weighted by Gasteiger charge is -2.26. The third-order valence-corrected chi connectivity index (χ3v) is 6.42. The van der Waals surface area contributed by atoms with Crippen molar-refractivity contribution in [1.29, 1.82) is 0 Å². The maximum absolute atomic E-state index is 2.50. The monoisotopic (exact) mass is 348 g/mol. The minimum Gasteiger partial charge on any atom is -0.157 e. The predicted molar refractivity (Wildman–Crippen MR) is 110 cm³/mol. The van der Waals surface area contributed by atoms with Crippen LogP contribution in [0.2, 0.25) is 0 Å². The van der Waals surface area contributed by atoms with Gasteiger partial charge in [-0.25, -0.2) is 0 Å². The van der Waals surface area contributed by atoms with E-state index in [1.54, 1.807) is 10.5 Å². The average Bonchev–Trinajstić information content (AvgIpc) is 2.75. The van der Waals surface area contributed by atoms with Crippen LogP contribution in [0, 0.1) is 17.8 Å². The number of allylic oxidation sites excluding steroid dienone is 2. The van der Waals surface area contributed by atoms with Crippen molar-refractivity contribution in [1.82, 2.24) is 0 Å². The van der Waals surface area contributed by atoms with Gasteiger partial charge in [0.2, 0.25) is 0 Å². The molecule has 1 fully saturated rings. The van der Waals surface area contributed by atoms with Crippen LogP contribution in [0.15, 0.2) is 23.8 Å². The lowest BCUT2D eigenvalue weighted by Crippen LogP contribution is -2.13. The van der Waals surface area contributed by atoms with E-state index in [2.05, 4.69) is 84.5 Å².